The fraction of sp³-hybridized carbons (Fsp3) is 0.188. The van der Waals surface area contributed by atoms with Gasteiger partial charge in [0, 0.05) is 10.5 Å². The number of aryl methyl sites for hydroxylation is 2. The molecule has 0 unspecified atom stereocenters. The van der Waals surface area contributed by atoms with Gasteiger partial charge < -0.3 is 10.1 Å². The molecule has 1 aliphatic heterocycles. The van der Waals surface area contributed by atoms with Crippen LogP contribution in [0.25, 0.3) is 0 Å². The third kappa shape index (κ3) is 3.25. The van der Waals surface area contributed by atoms with E-state index in [4.69, 9.17) is 4.74 Å². The van der Waals surface area contributed by atoms with E-state index in [9.17, 15) is 13.2 Å². The molecule has 0 saturated heterocycles. The Kier molecular flexibility index (Phi) is 4.27. The van der Waals surface area contributed by atoms with Crippen molar-refractivity contribution in [3.63, 3.8) is 0 Å². The molecular weight excluding hydrogens is 396 g/mol. The maximum Gasteiger partial charge on any atom is 0.262 e. The Hall–Kier alpha value is -2.06. The molecule has 1 amide bonds. The van der Waals surface area contributed by atoms with Gasteiger partial charge in [-0.1, -0.05) is 6.07 Å². The summed E-state index contributed by atoms with van der Waals surface area (Å²) in [6, 6.07) is 8.36. The van der Waals surface area contributed by atoms with Gasteiger partial charge in [-0.25, -0.2) is 8.42 Å². The van der Waals surface area contributed by atoms with Crippen molar-refractivity contribution in [2.75, 3.05) is 16.6 Å². The molecule has 0 spiro atoms. The number of carbonyl (C=O) groups excluding carboxylic acids is 1. The maximum absolute atomic E-state index is 12.7. The highest BCUT2D eigenvalue weighted by molar-refractivity contribution is 9.10. The minimum absolute atomic E-state index is 0.102. The molecule has 0 aromatic heterocycles. The predicted octanol–water partition coefficient (Wildman–Crippen LogP) is 3.20. The van der Waals surface area contributed by atoms with Gasteiger partial charge >= 0.3 is 0 Å². The highest BCUT2D eigenvalue weighted by Crippen LogP contribution is 2.34. The second-order valence-electron chi connectivity index (χ2n) is 5.54. The molecule has 6 nitrogen and oxygen atoms in total. The molecule has 0 radical (unpaired) electrons. The van der Waals surface area contributed by atoms with Crippen molar-refractivity contribution in [1.82, 2.24) is 0 Å². The van der Waals surface area contributed by atoms with Crippen molar-refractivity contribution in [3.8, 4) is 5.75 Å². The second-order valence-corrected chi connectivity index (χ2v) is 8.04. The van der Waals surface area contributed by atoms with Crippen LogP contribution in [-0.4, -0.2) is 20.9 Å². The first kappa shape index (κ1) is 16.8. The third-order valence-corrected chi connectivity index (χ3v) is 5.73. The molecule has 24 heavy (non-hydrogen) atoms. The average molecular weight is 411 g/mol. The predicted molar refractivity (Wildman–Crippen MR) is 95.0 cm³/mol. The average Bonchev–Trinajstić information content (AvgIpc) is 2.49. The number of ether oxygens (including phenoxy) is 1. The molecule has 2 aromatic rings. The van der Waals surface area contributed by atoms with E-state index in [-0.39, 0.29) is 17.4 Å². The summed E-state index contributed by atoms with van der Waals surface area (Å²) in [5.74, 6) is 0.0720. The number of halogens is 1. The van der Waals surface area contributed by atoms with E-state index in [2.05, 4.69) is 26.0 Å². The van der Waals surface area contributed by atoms with Gasteiger partial charge in [0.2, 0.25) is 0 Å². The van der Waals surface area contributed by atoms with Gasteiger partial charge in [0.1, 0.15) is 5.75 Å². The summed E-state index contributed by atoms with van der Waals surface area (Å²) in [6.07, 6.45) is 0. The van der Waals surface area contributed by atoms with Crippen LogP contribution in [0.2, 0.25) is 0 Å². The fourth-order valence-corrected chi connectivity index (χ4v) is 4.45. The van der Waals surface area contributed by atoms with Crippen LogP contribution in [0, 0.1) is 13.8 Å². The van der Waals surface area contributed by atoms with E-state index in [0.717, 1.165) is 5.56 Å². The maximum atomic E-state index is 12.7. The number of anilines is 2. The topological polar surface area (TPSA) is 84.5 Å². The molecule has 0 fully saturated rings. The van der Waals surface area contributed by atoms with Gasteiger partial charge in [0.25, 0.3) is 15.9 Å². The van der Waals surface area contributed by atoms with E-state index in [1.165, 1.54) is 6.07 Å². The molecular formula is C16H15BrN2O4S. The highest BCUT2D eigenvalue weighted by Gasteiger charge is 2.24. The van der Waals surface area contributed by atoms with Crippen LogP contribution in [0.1, 0.15) is 11.1 Å². The van der Waals surface area contributed by atoms with Crippen molar-refractivity contribution >= 4 is 43.2 Å². The zero-order chi connectivity index (χ0) is 17.5. The van der Waals surface area contributed by atoms with Crippen molar-refractivity contribution in [2.45, 2.75) is 18.7 Å². The van der Waals surface area contributed by atoms with Crippen LogP contribution >= 0.6 is 15.9 Å². The summed E-state index contributed by atoms with van der Waals surface area (Å²) in [6.45, 7) is 3.45. The minimum Gasteiger partial charge on any atom is -0.482 e. The summed E-state index contributed by atoms with van der Waals surface area (Å²) in [4.78, 5) is 11.5. The fourth-order valence-electron chi connectivity index (χ4n) is 2.41. The van der Waals surface area contributed by atoms with Gasteiger partial charge in [-0.2, -0.15) is 0 Å². The summed E-state index contributed by atoms with van der Waals surface area (Å²) < 4.78 is 34.0. The first-order chi connectivity index (χ1) is 11.3. The largest absolute Gasteiger partial charge is 0.482 e. The zero-order valence-electron chi connectivity index (χ0n) is 13.0. The monoisotopic (exact) mass is 410 g/mol. The van der Waals surface area contributed by atoms with E-state index >= 15 is 0 Å². The SMILES string of the molecule is Cc1ccc(NS(=O)(=O)c2cc3c(cc2C)NC(=O)CO3)c(Br)c1. The number of hydrogen-bond donors (Lipinski definition) is 2. The molecule has 3 rings (SSSR count). The molecule has 8 heteroatoms. The lowest BCUT2D eigenvalue weighted by Gasteiger charge is -2.20. The molecule has 0 bridgehead atoms. The summed E-state index contributed by atoms with van der Waals surface area (Å²) in [5.41, 5.74) is 2.44. The van der Waals surface area contributed by atoms with Gasteiger partial charge in [-0.05, 0) is 59.1 Å². The zero-order valence-corrected chi connectivity index (χ0v) is 15.4. The van der Waals surface area contributed by atoms with Crippen LogP contribution in [-0.2, 0) is 14.8 Å². The standard InChI is InChI=1S/C16H15BrN2O4S/c1-9-3-4-12(11(17)5-9)19-24(21,22)15-7-14-13(6-10(15)2)18-16(20)8-23-14/h3-7,19H,8H2,1-2H3,(H,18,20). The second kappa shape index (κ2) is 6.10. The Morgan fingerprint density at radius 3 is 2.67 bits per heavy atom. The highest BCUT2D eigenvalue weighted by atomic mass is 79.9. The third-order valence-electron chi connectivity index (χ3n) is 3.57. The van der Waals surface area contributed by atoms with E-state index in [1.54, 1.807) is 19.1 Å². The van der Waals surface area contributed by atoms with E-state index < -0.39 is 10.0 Å². The van der Waals surface area contributed by atoms with Crippen molar-refractivity contribution in [1.29, 1.82) is 0 Å². The molecule has 0 saturated carbocycles. The number of sulfonamides is 1. The van der Waals surface area contributed by atoms with E-state index in [1.807, 2.05) is 19.1 Å². The number of benzene rings is 2. The first-order valence-electron chi connectivity index (χ1n) is 7.12. The van der Waals surface area contributed by atoms with Crippen LogP contribution in [0.5, 0.6) is 5.75 Å². The van der Waals surface area contributed by atoms with Crippen molar-refractivity contribution in [2.24, 2.45) is 0 Å². The number of rotatable bonds is 3. The molecule has 1 aliphatic rings. The molecule has 2 N–H and O–H groups in total. The number of fused-ring (bicyclic) bond motifs is 1. The summed E-state index contributed by atoms with van der Waals surface area (Å²) >= 11 is 3.36. The normalized spacial score (nSPS) is 13.7. The Balaban J connectivity index is 1.99. The Labute approximate surface area is 148 Å². The van der Waals surface area contributed by atoms with Crippen LogP contribution in [0.3, 0.4) is 0 Å². The molecule has 1 heterocycles. The quantitative estimate of drug-likeness (QED) is 0.813. The Morgan fingerprint density at radius 1 is 1.21 bits per heavy atom. The lowest BCUT2D eigenvalue weighted by Crippen LogP contribution is -2.26. The Bertz CT molecular complexity index is 941. The first-order valence-corrected chi connectivity index (χ1v) is 9.40. The summed E-state index contributed by atoms with van der Waals surface area (Å²) in [7, 11) is -3.80. The number of amides is 1. The minimum atomic E-state index is -3.80. The number of hydrogen-bond acceptors (Lipinski definition) is 4. The van der Waals surface area contributed by atoms with Crippen LogP contribution < -0.4 is 14.8 Å². The lowest BCUT2D eigenvalue weighted by molar-refractivity contribution is -0.118. The molecule has 0 aliphatic carbocycles. The van der Waals surface area contributed by atoms with Gasteiger partial charge in [-0.15, -0.1) is 0 Å². The Morgan fingerprint density at radius 2 is 1.96 bits per heavy atom. The van der Waals surface area contributed by atoms with Gasteiger partial charge in [0.05, 0.1) is 16.3 Å². The smallest absolute Gasteiger partial charge is 0.262 e. The van der Waals surface area contributed by atoms with Crippen molar-refractivity contribution < 1.29 is 17.9 Å². The number of nitrogens with one attached hydrogen (secondary N) is 2. The van der Waals surface area contributed by atoms with Crippen LogP contribution in [0.15, 0.2) is 39.7 Å². The molecule has 0 atom stereocenters. The molecule has 2 aromatic carbocycles. The lowest BCUT2D eigenvalue weighted by atomic mass is 10.2. The summed E-state index contributed by atoms with van der Waals surface area (Å²) in [5, 5.41) is 2.66. The van der Waals surface area contributed by atoms with Crippen LogP contribution in [0.4, 0.5) is 11.4 Å². The number of carbonyl (C=O) groups is 1. The van der Waals surface area contributed by atoms with Crippen molar-refractivity contribution in [3.05, 3.63) is 45.9 Å². The van der Waals surface area contributed by atoms with E-state index in [0.29, 0.717) is 27.2 Å². The molecule has 126 valence electrons. The van der Waals surface area contributed by atoms with Gasteiger partial charge in [-0.3, -0.25) is 9.52 Å². The van der Waals surface area contributed by atoms with Gasteiger partial charge in [0.15, 0.2) is 6.61 Å².